The number of nitro benzene ring substituents is 1. The van der Waals surface area contributed by atoms with Gasteiger partial charge in [0.05, 0.1) is 4.92 Å². The average molecular weight is 226 g/mol. The maximum atomic E-state index is 11.2. The average Bonchev–Trinajstić information content (AvgIpc) is 2.17. The van der Waals surface area contributed by atoms with E-state index in [0.29, 0.717) is 6.21 Å². The fourth-order valence-corrected chi connectivity index (χ4v) is 1.15. The highest BCUT2D eigenvalue weighted by atomic mass is 35.5. The number of halogens is 1. The standard InChI is InChI=1S/C8H4ClN3O3/c9-5-1-2-6(8(13)4-11-10)7(3-5)12(14)15/h1-4H. The zero-order chi connectivity index (χ0) is 11.4. The molecule has 1 rings (SSSR count). The lowest BCUT2D eigenvalue weighted by Gasteiger charge is -1.96. The molecule has 0 aliphatic heterocycles. The second-order valence-corrected chi connectivity index (χ2v) is 2.96. The summed E-state index contributed by atoms with van der Waals surface area (Å²) < 4.78 is 0. The van der Waals surface area contributed by atoms with Gasteiger partial charge >= 0.3 is 6.21 Å². The van der Waals surface area contributed by atoms with Crippen LogP contribution in [0.1, 0.15) is 10.4 Å². The molecule has 0 saturated heterocycles. The van der Waals surface area contributed by atoms with Crippen LogP contribution >= 0.6 is 11.6 Å². The van der Waals surface area contributed by atoms with Gasteiger partial charge in [-0.1, -0.05) is 11.6 Å². The molecule has 15 heavy (non-hydrogen) atoms. The zero-order valence-electron chi connectivity index (χ0n) is 7.25. The molecule has 0 aliphatic carbocycles. The molecular formula is C8H4ClN3O3. The highest BCUT2D eigenvalue weighted by Crippen LogP contribution is 2.22. The summed E-state index contributed by atoms with van der Waals surface area (Å²) in [6.07, 6.45) is 0.580. The molecule has 0 saturated carbocycles. The van der Waals surface area contributed by atoms with Crippen molar-refractivity contribution in [2.24, 2.45) is 0 Å². The van der Waals surface area contributed by atoms with E-state index in [0.717, 1.165) is 6.07 Å². The molecule has 0 atom stereocenters. The van der Waals surface area contributed by atoms with Gasteiger partial charge in [0.1, 0.15) is 5.56 Å². The van der Waals surface area contributed by atoms with Crippen LogP contribution in [-0.4, -0.2) is 21.7 Å². The normalized spacial score (nSPS) is 9.13. The first kappa shape index (κ1) is 11.0. The van der Waals surface area contributed by atoms with Gasteiger partial charge in [0.25, 0.3) is 11.5 Å². The third kappa shape index (κ3) is 2.46. The molecule has 0 N–H and O–H groups in total. The van der Waals surface area contributed by atoms with Crippen LogP contribution in [0.4, 0.5) is 5.69 Å². The van der Waals surface area contributed by atoms with Crippen molar-refractivity contribution in [3.63, 3.8) is 0 Å². The van der Waals surface area contributed by atoms with E-state index < -0.39 is 16.4 Å². The lowest BCUT2D eigenvalue weighted by Crippen LogP contribution is -2.05. The van der Waals surface area contributed by atoms with E-state index in [1.165, 1.54) is 12.1 Å². The summed E-state index contributed by atoms with van der Waals surface area (Å²) in [5.74, 6) is -0.763. The lowest BCUT2D eigenvalue weighted by molar-refractivity contribution is -0.385. The molecule has 0 heterocycles. The Morgan fingerprint density at radius 1 is 1.60 bits per heavy atom. The number of hydrogen-bond donors (Lipinski definition) is 0. The van der Waals surface area contributed by atoms with Gasteiger partial charge in [-0.05, 0) is 12.1 Å². The largest absolute Gasteiger partial charge is 0.361 e. The molecule has 1 aromatic carbocycles. The Balaban J connectivity index is 3.34. The van der Waals surface area contributed by atoms with E-state index in [-0.39, 0.29) is 10.6 Å². The molecule has 0 radical (unpaired) electrons. The third-order valence-electron chi connectivity index (χ3n) is 1.60. The molecule has 0 aromatic heterocycles. The van der Waals surface area contributed by atoms with Crippen LogP contribution < -0.4 is 0 Å². The fourth-order valence-electron chi connectivity index (χ4n) is 0.986. The number of ketones is 1. The Morgan fingerprint density at radius 3 is 2.80 bits per heavy atom. The van der Waals surface area contributed by atoms with Crippen molar-refractivity contribution >= 4 is 29.3 Å². The number of benzene rings is 1. The van der Waals surface area contributed by atoms with Crippen molar-refractivity contribution in [3.05, 3.63) is 44.4 Å². The summed E-state index contributed by atoms with van der Waals surface area (Å²) in [4.78, 5) is 23.6. The van der Waals surface area contributed by atoms with Crippen LogP contribution in [0.3, 0.4) is 0 Å². The SMILES string of the molecule is [N-]=[N+]=CC(=O)c1ccc(Cl)cc1[N+](=O)[O-]. The second kappa shape index (κ2) is 4.45. The third-order valence-corrected chi connectivity index (χ3v) is 1.83. The molecule has 0 amide bonds. The monoisotopic (exact) mass is 225 g/mol. The minimum Gasteiger partial charge on any atom is -0.361 e. The van der Waals surface area contributed by atoms with Crippen LogP contribution in [-0.2, 0) is 0 Å². The van der Waals surface area contributed by atoms with Crippen LogP contribution in [0.2, 0.25) is 5.02 Å². The highest BCUT2D eigenvalue weighted by Gasteiger charge is 2.21. The predicted molar refractivity (Wildman–Crippen MR) is 52.1 cm³/mol. The second-order valence-electron chi connectivity index (χ2n) is 2.53. The molecule has 1 aromatic rings. The van der Waals surface area contributed by atoms with Gasteiger partial charge < -0.3 is 5.53 Å². The molecular weight excluding hydrogens is 222 g/mol. The van der Waals surface area contributed by atoms with Gasteiger partial charge in [-0.25, -0.2) is 0 Å². The fraction of sp³-hybridized carbons (Fsp3) is 0. The van der Waals surface area contributed by atoms with Crippen molar-refractivity contribution in [2.75, 3.05) is 0 Å². The van der Waals surface area contributed by atoms with Crippen molar-refractivity contribution in [1.29, 1.82) is 0 Å². The van der Waals surface area contributed by atoms with E-state index in [2.05, 4.69) is 4.79 Å². The molecule has 0 bridgehead atoms. The number of rotatable bonds is 3. The summed E-state index contributed by atoms with van der Waals surface area (Å²) in [5.41, 5.74) is 7.53. The molecule has 0 unspecified atom stereocenters. The molecule has 7 heteroatoms. The Kier molecular flexibility index (Phi) is 3.28. The van der Waals surface area contributed by atoms with Gasteiger partial charge in [-0.2, -0.15) is 4.79 Å². The molecule has 0 fully saturated rings. The Morgan fingerprint density at radius 2 is 2.27 bits per heavy atom. The first-order valence-corrected chi connectivity index (χ1v) is 4.09. The highest BCUT2D eigenvalue weighted by molar-refractivity contribution is 6.35. The van der Waals surface area contributed by atoms with Gasteiger partial charge in [-0.15, -0.1) is 0 Å². The summed E-state index contributed by atoms with van der Waals surface area (Å²) in [5, 5.41) is 10.7. The van der Waals surface area contributed by atoms with Gasteiger partial charge in [0, 0.05) is 11.1 Å². The van der Waals surface area contributed by atoms with Crippen molar-refractivity contribution in [2.45, 2.75) is 0 Å². The van der Waals surface area contributed by atoms with E-state index in [1.54, 1.807) is 0 Å². The smallest absolute Gasteiger partial charge is 0.328 e. The Bertz CT molecular complexity index is 480. The Labute approximate surface area is 88.9 Å². The number of hydrogen-bond acceptors (Lipinski definition) is 3. The Hall–Kier alpha value is -2.04. The summed E-state index contributed by atoms with van der Waals surface area (Å²) in [6.45, 7) is 0. The summed E-state index contributed by atoms with van der Waals surface area (Å²) >= 11 is 5.54. The van der Waals surface area contributed by atoms with Gasteiger partial charge in [-0.3, -0.25) is 14.9 Å². The van der Waals surface area contributed by atoms with E-state index in [9.17, 15) is 14.9 Å². The van der Waals surface area contributed by atoms with Crippen molar-refractivity contribution in [3.8, 4) is 0 Å². The van der Waals surface area contributed by atoms with Crippen molar-refractivity contribution in [1.82, 2.24) is 0 Å². The molecule has 0 aliphatic rings. The quantitative estimate of drug-likeness (QED) is 0.196. The zero-order valence-corrected chi connectivity index (χ0v) is 8.01. The van der Waals surface area contributed by atoms with Gasteiger partial charge in [0.2, 0.25) is 0 Å². The van der Waals surface area contributed by atoms with Crippen LogP contribution in [0.15, 0.2) is 18.2 Å². The van der Waals surface area contributed by atoms with Crippen LogP contribution in [0.5, 0.6) is 0 Å². The van der Waals surface area contributed by atoms with Gasteiger partial charge in [0.15, 0.2) is 0 Å². The lowest BCUT2D eigenvalue weighted by atomic mass is 10.1. The maximum Gasteiger partial charge on any atom is 0.328 e. The topological polar surface area (TPSA) is 96.6 Å². The van der Waals surface area contributed by atoms with Crippen LogP contribution in [0.25, 0.3) is 5.53 Å². The molecule has 0 spiro atoms. The molecule has 6 nitrogen and oxygen atoms in total. The maximum absolute atomic E-state index is 11.2. The minimum absolute atomic E-state index is 0.152. The summed E-state index contributed by atoms with van der Waals surface area (Å²) in [7, 11) is 0. The number of carbonyl (C=O) groups is 1. The van der Waals surface area contributed by atoms with Crippen LogP contribution in [0, 0.1) is 10.1 Å². The molecule has 76 valence electrons. The number of nitrogens with zero attached hydrogens (tertiary/aromatic N) is 3. The van der Waals surface area contributed by atoms with E-state index in [1.807, 2.05) is 0 Å². The number of nitro groups is 1. The summed E-state index contributed by atoms with van der Waals surface area (Å²) in [6, 6.07) is 3.59. The first-order chi connectivity index (χ1) is 7.06. The minimum atomic E-state index is -0.763. The first-order valence-electron chi connectivity index (χ1n) is 3.72. The number of carbonyl (C=O) groups excluding carboxylic acids is 1. The predicted octanol–water partition coefficient (Wildman–Crippen LogP) is 1.73. The number of Topliss-reactive ketones (excluding diaryl/α,β-unsaturated/α-hetero) is 1. The van der Waals surface area contributed by atoms with Crippen molar-refractivity contribution < 1.29 is 14.5 Å². The van der Waals surface area contributed by atoms with E-state index >= 15 is 0 Å². The van der Waals surface area contributed by atoms with E-state index in [4.69, 9.17) is 17.1 Å².